The van der Waals surface area contributed by atoms with Crippen molar-refractivity contribution in [3.8, 4) is 0 Å². The van der Waals surface area contributed by atoms with Crippen molar-refractivity contribution in [3.63, 3.8) is 0 Å². The SMILES string of the molecule is CC(=O)CC[C@]12C(=O)[C@H](C(C)C)N(C(=O)OC(C)(C)C)[C@H]1Nc1c(C)cccc12. The molecule has 0 unspecified atom stereocenters. The number of amides is 1. The van der Waals surface area contributed by atoms with E-state index in [0.717, 1.165) is 16.8 Å². The van der Waals surface area contributed by atoms with E-state index >= 15 is 0 Å². The van der Waals surface area contributed by atoms with E-state index in [1.807, 2.05) is 59.7 Å². The molecule has 0 aromatic heterocycles. The van der Waals surface area contributed by atoms with Gasteiger partial charge in [-0.2, -0.15) is 0 Å². The van der Waals surface area contributed by atoms with Crippen molar-refractivity contribution in [2.75, 3.05) is 5.32 Å². The predicted molar refractivity (Wildman–Crippen MR) is 112 cm³/mol. The number of rotatable bonds is 4. The third kappa shape index (κ3) is 3.43. The van der Waals surface area contributed by atoms with Gasteiger partial charge in [0, 0.05) is 12.1 Å². The number of aryl methyl sites for hydroxylation is 1. The molecule has 2 heterocycles. The van der Waals surface area contributed by atoms with Gasteiger partial charge in [0.05, 0.1) is 11.5 Å². The van der Waals surface area contributed by atoms with Gasteiger partial charge in [-0.3, -0.25) is 9.69 Å². The van der Waals surface area contributed by atoms with Crippen LogP contribution in [0.15, 0.2) is 18.2 Å². The Balaban J connectivity index is 2.17. The number of fused-ring (bicyclic) bond motifs is 3. The maximum absolute atomic E-state index is 13.9. The van der Waals surface area contributed by atoms with Crippen LogP contribution in [0.2, 0.25) is 0 Å². The summed E-state index contributed by atoms with van der Waals surface area (Å²) in [5.41, 5.74) is 1.15. The summed E-state index contributed by atoms with van der Waals surface area (Å²) >= 11 is 0. The molecule has 0 spiro atoms. The fourth-order valence-electron chi connectivity index (χ4n) is 4.69. The standard InChI is InChI=1S/C23H32N2O4/c1-13(2)18-19(27)23(12-11-15(4)26)16-10-8-9-14(3)17(16)24-20(23)25(18)21(28)29-22(5,6)7/h8-10,13,18,20,24H,11-12H2,1-7H3/t18-,20+,23-/m0/s1. The summed E-state index contributed by atoms with van der Waals surface area (Å²) in [6.45, 7) is 12.9. The third-order valence-electron chi connectivity index (χ3n) is 5.89. The molecule has 3 atom stereocenters. The molecule has 6 nitrogen and oxygen atoms in total. The Labute approximate surface area is 173 Å². The first-order chi connectivity index (χ1) is 13.4. The smallest absolute Gasteiger partial charge is 0.412 e. The van der Waals surface area contributed by atoms with Crippen molar-refractivity contribution < 1.29 is 19.1 Å². The van der Waals surface area contributed by atoms with Crippen molar-refractivity contribution in [2.24, 2.45) is 5.92 Å². The second-order valence-electron chi connectivity index (χ2n) is 9.66. The fourth-order valence-corrected chi connectivity index (χ4v) is 4.69. The van der Waals surface area contributed by atoms with Crippen LogP contribution < -0.4 is 5.32 Å². The Bertz CT molecular complexity index is 855. The van der Waals surface area contributed by atoms with Crippen molar-refractivity contribution >= 4 is 23.3 Å². The number of carbonyl (C=O) groups excluding carboxylic acids is 3. The van der Waals surface area contributed by atoms with E-state index in [0.29, 0.717) is 6.42 Å². The number of ether oxygens (including phenoxy) is 1. The number of hydrogen-bond acceptors (Lipinski definition) is 5. The van der Waals surface area contributed by atoms with Crippen LogP contribution in [0.25, 0.3) is 0 Å². The highest BCUT2D eigenvalue weighted by molar-refractivity contribution is 6.04. The summed E-state index contributed by atoms with van der Waals surface area (Å²) in [7, 11) is 0. The van der Waals surface area contributed by atoms with E-state index in [2.05, 4.69) is 5.32 Å². The highest BCUT2D eigenvalue weighted by atomic mass is 16.6. The fraction of sp³-hybridized carbons (Fsp3) is 0.609. The Morgan fingerprint density at radius 2 is 1.93 bits per heavy atom. The number of likely N-dealkylation sites (tertiary alicyclic amines) is 1. The van der Waals surface area contributed by atoms with Crippen LogP contribution in [0.4, 0.5) is 10.5 Å². The first kappa shape index (κ1) is 21.3. The molecular formula is C23H32N2O4. The number of para-hydroxylation sites is 1. The van der Waals surface area contributed by atoms with Gasteiger partial charge in [0.2, 0.25) is 0 Å². The number of benzene rings is 1. The zero-order valence-corrected chi connectivity index (χ0v) is 18.5. The Morgan fingerprint density at radius 3 is 2.48 bits per heavy atom. The lowest BCUT2D eigenvalue weighted by molar-refractivity contribution is -0.125. The van der Waals surface area contributed by atoms with Crippen LogP contribution in [-0.2, 0) is 19.7 Å². The monoisotopic (exact) mass is 400 g/mol. The van der Waals surface area contributed by atoms with Crippen LogP contribution in [0.1, 0.15) is 65.5 Å². The van der Waals surface area contributed by atoms with E-state index < -0.39 is 29.3 Å². The number of anilines is 1. The molecule has 1 saturated heterocycles. The van der Waals surface area contributed by atoms with E-state index in [-0.39, 0.29) is 23.9 Å². The molecule has 2 aliphatic rings. The molecule has 1 amide bonds. The maximum Gasteiger partial charge on any atom is 0.412 e. The highest BCUT2D eigenvalue weighted by Gasteiger charge is 2.65. The van der Waals surface area contributed by atoms with Crippen molar-refractivity contribution in [1.82, 2.24) is 4.90 Å². The van der Waals surface area contributed by atoms with Gasteiger partial charge in [0.1, 0.15) is 17.6 Å². The largest absolute Gasteiger partial charge is 0.444 e. The second kappa shape index (κ2) is 7.15. The minimum atomic E-state index is -0.946. The molecule has 0 radical (unpaired) electrons. The predicted octanol–water partition coefficient (Wildman–Crippen LogP) is 4.20. The molecule has 2 aliphatic heterocycles. The number of ketones is 2. The molecule has 1 aromatic rings. The average molecular weight is 401 g/mol. The minimum Gasteiger partial charge on any atom is -0.444 e. The Hall–Kier alpha value is -2.37. The Kier molecular flexibility index (Phi) is 5.26. The number of carbonyl (C=O) groups is 3. The number of Topliss-reactive ketones (excluding diaryl/α,β-unsaturated/α-hetero) is 2. The lowest BCUT2D eigenvalue weighted by Crippen LogP contribution is -2.51. The molecule has 0 bridgehead atoms. The van der Waals surface area contributed by atoms with Gasteiger partial charge >= 0.3 is 6.09 Å². The van der Waals surface area contributed by atoms with Crippen LogP contribution in [0.3, 0.4) is 0 Å². The summed E-state index contributed by atoms with van der Waals surface area (Å²) in [5, 5.41) is 3.45. The van der Waals surface area contributed by atoms with Gasteiger partial charge in [0.25, 0.3) is 0 Å². The van der Waals surface area contributed by atoms with Gasteiger partial charge in [0.15, 0.2) is 5.78 Å². The van der Waals surface area contributed by atoms with Gasteiger partial charge < -0.3 is 14.8 Å². The molecule has 29 heavy (non-hydrogen) atoms. The molecule has 1 N–H and O–H groups in total. The van der Waals surface area contributed by atoms with E-state index in [4.69, 9.17) is 4.74 Å². The van der Waals surface area contributed by atoms with Crippen molar-refractivity contribution in [3.05, 3.63) is 29.3 Å². The normalized spacial score (nSPS) is 25.7. The molecule has 1 fully saturated rings. The first-order valence-electron chi connectivity index (χ1n) is 10.3. The van der Waals surface area contributed by atoms with Crippen molar-refractivity contribution in [2.45, 2.75) is 84.5 Å². The van der Waals surface area contributed by atoms with Gasteiger partial charge in [-0.1, -0.05) is 32.0 Å². The van der Waals surface area contributed by atoms with E-state index in [1.54, 1.807) is 4.90 Å². The average Bonchev–Trinajstić information content (AvgIpc) is 3.03. The quantitative estimate of drug-likeness (QED) is 0.820. The highest BCUT2D eigenvalue weighted by Crippen LogP contribution is 2.53. The maximum atomic E-state index is 13.9. The van der Waals surface area contributed by atoms with E-state index in [1.165, 1.54) is 6.92 Å². The third-order valence-corrected chi connectivity index (χ3v) is 5.89. The summed E-state index contributed by atoms with van der Waals surface area (Å²) in [6.07, 6.45) is -0.410. The number of nitrogens with one attached hydrogen (secondary N) is 1. The number of hydrogen-bond donors (Lipinski definition) is 1. The van der Waals surface area contributed by atoms with Crippen LogP contribution in [0, 0.1) is 12.8 Å². The number of nitrogens with zero attached hydrogens (tertiary/aromatic N) is 1. The first-order valence-corrected chi connectivity index (χ1v) is 10.3. The zero-order chi connectivity index (χ0) is 21.7. The molecular weight excluding hydrogens is 368 g/mol. The van der Waals surface area contributed by atoms with Crippen LogP contribution in [-0.4, -0.2) is 40.4 Å². The Morgan fingerprint density at radius 1 is 1.28 bits per heavy atom. The molecule has 6 heteroatoms. The summed E-state index contributed by atoms with van der Waals surface area (Å²) in [6, 6.07) is 5.25. The van der Waals surface area contributed by atoms with Crippen LogP contribution >= 0.6 is 0 Å². The minimum absolute atomic E-state index is 0.0125. The van der Waals surface area contributed by atoms with Gasteiger partial charge in [-0.15, -0.1) is 0 Å². The lowest BCUT2D eigenvalue weighted by atomic mass is 9.72. The topological polar surface area (TPSA) is 75.7 Å². The molecule has 0 saturated carbocycles. The lowest BCUT2D eigenvalue weighted by Gasteiger charge is -2.34. The summed E-state index contributed by atoms with van der Waals surface area (Å²) in [5.74, 6) is -0.0600. The van der Waals surface area contributed by atoms with Crippen LogP contribution in [0.5, 0.6) is 0 Å². The van der Waals surface area contributed by atoms with Gasteiger partial charge in [-0.25, -0.2) is 4.79 Å². The summed E-state index contributed by atoms with van der Waals surface area (Å²) < 4.78 is 5.69. The van der Waals surface area contributed by atoms with E-state index in [9.17, 15) is 14.4 Å². The summed E-state index contributed by atoms with van der Waals surface area (Å²) in [4.78, 5) is 40.6. The second-order valence-corrected chi connectivity index (χ2v) is 9.66. The molecule has 1 aromatic carbocycles. The van der Waals surface area contributed by atoms with Gasteiger partial charge in [-0.05, 0) is 58.1 Å². The van der Waals surface area contributed by atoms with Crippen molar-refractivity contribution in [1.29, 1.82) is 0 Å². The molecule has 3 rings (SSSR count). The zero-order valence-electron chi connectivity index (χ0n) is 18.5. The molecule has 158 valence electrons. The molecule has 0 aliphatic carbocycles.